The summed E-state index contributed by atoms with van der Waals surface area (Å²) in [5.74, 6) is 0.0705. The molecule has 1 aromatic rings. The fourth-order valence-electron chi connectivity index (χ4n) is 3.28. The van der Waals surface area contributed by atoms with E-state index in [1.54, 1.807) is 0 Å². The molecule has 1 aromatic carbocycles. The lowest BCUT2D eigenvalue weighted by molar-refractivity contribution is -0.118. The summed E-state index contributed by atoms with van der Waals surface area (Å²) in [6.45, 7) is 4.41. The minimum Gasteiger partial charge on any atom is -0.299 e. The van der Waals surface area contributed by atoms with E-state index in [1.165, 1.54) is 50.5 Å². The van der Waals surface area contributed by atoms with Gasteiger partial charge in [0.05, 0.1) is 6.42 Å². The third-order valence-corrected chi connectivity index (χ3v) is 4.98. The van der Waals surface area contributed by atoms with Crippen LogP contribution in [0.25, 0.3) is 0 Å². The zero-order valence-electron chi connectivity index (χ0n) is 17.0. The van der Waals surface area contributed by atoms with Crippen molar-refractivity contribution < 1.29 is 9.59 Å². The van der Waals surface area contributed by atoms with Crippen molar-refractivity contribution in [2.45, 2.75) is 104 Å². The number of rotatable bonds is 16. The second-order valence-corrected chi connectivity index (χ2v) is 7.52. The van der Waals surface area contributed by atoms with Crippen LogP contribution in [0.5, 0.6) is 0 Å². The molecule has 0 spiro atoms. The Morgan fingerprint density at radius 1 is 0.769 bits per heavy atom. The monoisotopic (exact) mass is 358 g/mol. The molecule has 0 saturated carbocycles. The predicted octanol–water partition coefficient (Wildman–Crippen LogP) is 7.09. The lowest BCUT2D eigenvalue weighted by Crippen LogP contribution is -2.08. The molecular weight excluding hydrogens is 320 g/mol. The van der Waals surface area contributed by atoms with Gasteiger partial charge in [0, 0.05) is 12.0 Å². The molecule has 2 nitrogen and oxygen atoms in total. The summed E-state index contributed by atoms with van der Waals surface area (Å²) in [5, 5.41) is 0. The second-order valence-electron chi connectivity index (χ2n) is 7.52. The fourth-order valence-corrected chi connectivity index (χ4v) is 3.28. The van der Waals surface area contributed by atoms with Crippen molar-refractivity contribution in [1.29, 1.82) is 0 Å². The van der Waals surface area contributed by atoms with Gasteiger partial charge < -0.3 is 0 Å². The normalized spacial score (nSPS) is 10.8. The molecule has 0 fully saturated rings. The average Bonchev–Trinajstić information content (AvgIpc) is 2.65. The van der Waals surface area contributed by atoms with Crippen LogP contribution in [0.15, 0.2) is 24.3 Å². The van der Waals surface area contributed by atoms with Gasteiger partial charge in [0.1, 0.15) is 5.78 Å². The Bertz CT molecular complexity index is 519. The zero-order valence-corrected chi connectivity index (χ0v) is 17.0. The first-order valence-corrected chi connectivity index (χ1v) is 10.8. The number of aryl methyl sites for hydroxylation is 1. The fraction of sp³-hybridized carbons (Fsp3) is 0.667. The first-order valence-electron chi connectivity index (χ1n) is 10.8. The molecule has 0 radical (unpaired) electrons. The SMILES string of the molecule is CCCCCCCCCCCC(=O)CC(=O)c1cccc(CCCC)c1. The second kappa shape index (κ2) is 14.7. The summed E-state index contributed by atoms with van der Waals surface area (Å²) in [6.07, 6.45) is 15.1. The highest BCUT2D eigenvalue weighted by atomic mass is 16.1. The van der Waals surface area contributed by atoms with Crippen molar-refractivity contribution in [1.82, 2.24) is 0 Å². The number of ketones is 2. The topological polar surface area (TPSA) is 34.1 Å². The minimum absolute atomic E-state index is 0.0238. The summed E-state index contributed by atoms with van der Waals surface area (Å²) in [7, 11) is 0. The highest BCUT2D eigenvalue weighted by Gasteiger charge is 2.12. The van der Waals surface area contributed by atoms with Crippen LogP contribution in [-0.4, -0.2) is 11.6 Å². The van der Waals surface area contributed by atoms with E-state index in [0.717, 1.165) is 32.1 Å². The maximum atomic E-state index is 12.3. The number of benzene rings is 1. The van der Waals surface area contributed by atoms with Gasteiger partial charge in [0.2, 0.25) is 0 Å². The Labute approximate surface area is 160 Å². The van der Waals surface area contributed by atoms with Crippen LogP contribution in [0.4, 0.5) is 0 Å². The van der Waals surface area contributed by atoms with E-state index in [9.17, 15) is 9.59 Å². The maximum absolute atomic E-state index is 12.3. The molecule has 0 saturated heterocycles. The Hall–Kier alpha value is -1.44. The molecule has 0 bridgehead atoms. The van der Waals surface area contributed by atoms with Gasteiger partial charge in [-0.1, -0.05) is 89.8 Å². The highest BCUT2D eigenvalue weighted by Crippen LogP contribution is 2.14. The van der Waals surface area contributed by atoms with Crippen LogP contribution < -0.4 is 0 Å². The van der Waals surface area contributed by atoms with Crippen LogP contribution in [-0.2, 0) is 11.2 Å². The van der Waals surface area contributed by atoms with E-state index in [-0.39, 0.29) is 18.0 Å². The third kappa shape index (κ3) is 10.5. The van der Waals surface area contributed by atoms with Gasteiger partial charge in [0.15, 0.2) is 5.78 Å². The summed E-state index contributed by atoms with van der Waals surface area (Å²) in [6, 6.07) is 7.80. The Kier molecular flexibility index (Phi) is 12.8. The number of Topliss-reactive ketones (excluding diaryl/α,β-unsaturated/α-hetero) is 2. The summed E-state index contributed by atoms with van der Waals surface area (Å²) in [5.41, 5.74) is 1.89. The van der Waals surface area contributed by atoms with Crippen molar-refractivity contribution in [3.8, 4) is 0 Å². The lowest BCUT2D eigenvalue weighted by atomic mass is 9.99. The molecule has 0 aliphatic rings. The van der Waals surface area contributed by atoms with E-state index < -0.39 is 0 Å². The standard InChI is InChI=1S/C24H38O2/c1-3-5-7-8-9-10-11-12-13-18-23(25)20-24(26)22-17-14-16-21(19-22)15-6-4-2/h14,16-17,19H,3-13,15,18,20H2,1-2H3. The van der Waals surface area contributed by atoms with Crippen molar-refractivity contribution in [2.24, 2.45) is 0 Å². The maximum Gasteiger partial charge on any atom is 0.170 e. The molecular formula is C24H38O2. The quantitative estimate of drug-likeness (QED) is 0.179. The zero-order chi connectivity index (χ0) is 19.0. The largest absolute Gasteiger partial charge is 0.299 e. The van der Waals surface area contributed by atoms with Crippen LogP contribution >= 0.6 is 0 Å². The van der Waals surface area contributed by atoms with Crippen molar-refractivity contribution in [3.05, 3.63) is 35.4 Å². The van der Waals surface area contributed by atoms with Gasteiger partial charge in [-0.15, -0.1) is 0 Å². The molecule has 0 aromatic heterocycles. The molecule has 0 N–H and O–H groups in total. The van der Waals surface area contributed by atoms with Crippen LogP contribution in [0.1, 0.15) is 113 Å². The molecule has 0 heterocycles. The van der Waals surface area contributed by atoms with Gasteiger partial charge in [-0.05, 0) is 30.9 Å². The summed E-state index contributed by atoms with van der Waals surface area (Å²) >= 11 is 0. The predicted molar refractivity (Wildman–Crippen MR) is 111 cm³/mol. The van der Waals surface area contributed by atoms with Crippen LogP contribution in [0.3, 0.4) is 0 Å². The highest BCUT2D eigenvalue weighted by molar-refractivity contribution is 6.08. The third-order valence-electron chi connectivity index (χ3n) is 4.98. The van der Waals surface area contributed by atoms with Gasteiger partial charge in [0.25, 0.3) is 0 Å². The molecule has 0 amide bonds. The van der Waals surface area contributed by atoms with Gasteiger partial charge in [-0.3, -0.25) is 9.59 Å². The van der Waals surface area contributed by atoms with Gasteiger partial charge in [-0.25, -0.2) is 0 Å². The van der Waals surface area contributed by atoms with E-state index in [4.69, 9.17) is 0 Å². The number of carbonyl (C=O) groups excluding carboxylic acids is 2. The molecule has 26 heavy (non-hydrogen) atoms. The van der Waals surface area contributed by atoms with Gasteiger partial charge in [-0.2, -0.15) is 0 Å². The molecule has 146 valence electrons. The molecule has 2 heteroatoms. The van der Waals surface area contributed by atoms with E-state index in [2.05, 4.69) is 19.9 Å². The van der Waals surface area contributed by atoms with E-state index >= 15 is 0 Å². The summed E-state index contributed by atoms with van der Waals surface area (Å²) in [4.78, 5) is 24.4. The number of hydrogen-bond donors (Lipinski definition) is 0. The summed E-state index contributed by atoms with van der Waals surface area (Å²) < 4.78 is 0. The van der Waals surface area contributed by atoms with Crippen molar-refractivity contribution >= 4 is 11.6 Å². The molecule has 1 rings (SSSR count). The molecule has 0 aliphatic carbocycles. The van der Waals surface area contributed by atoms with Crippen molar-refractivity contribution in [2.75, 3.05) is 0 Å². The van der Waals surface area contributed by atoms with Gasteiger partial charge >= 0.3 is 0 Å². The number of carbonyl (C=O) groups is 2. The molecule has 0 unspecified atom stereocenters. The Morgan fingerprint density at radius 2 is 1.38 bits per heavy atom. The van der Waals surface area contributed by atoms with E-state index in [0.29, 0.717) is 12.0 Å². The molecule has 0 atom stereocenters. The Morgan fingerprint density at radius 3 is 2.04 bits per heavy atom. The molecule has 0 aliphatic heterocycles. The smallest absolute Gasteiger partial charge is 0.170 e. The van der Waals surface area contributed by atoms with Crippen LogP contribution in [0, 0.1) is 0 Å². The first-order chi connectivity index (χ1) is 12.7. The number of hydrogen-bond acceptors (Lipinski definition) is 2. The lowest BCUT2D eigenvalue weighted by Gasteiger charge is -2.05. The first kappa shape index (κ1) is 22.6. The van der Waals surface area contributed by atoms with Crippen LogP contribution in [0.2, 0.25) is 0 Å². The Balaban J connectivity index is 2.17. The van der Waals surface area contributed by atoms with Crippen molar-refractivity contribution in [3.63, 3.8) is 0 Å². The number of unbranched alkanes of at least 4 members (excludes halogenated alkanes) is 9. The minimum atomic E-state index is -0.0238. The van der Waals surface area contributed by atoms with E-state index in [1.807, 2.05) is 18.2 Å². The average molecular weight is 359 g/mol.